The normalized spacial score (nSPS) is 18.6. The number of benzene rings is 3. The lowest BCUT2D eigenvalue weighted by Crippen LogP contribution is -2.45. The van der Waals surface area contributed by atoms with E-state index >= 15 is 0 Å². The van der Waals surface area contributed by atoms with Crippen molar-refractivity contribution in [1.82, 2.24) is 10.2 Å². The van der Waals surface area contributed by atoms with Crippen molar-refractivity contribution >= 4 is 35.1 Å². The molecule has 1 fully saturated rings. The van der Waals surface area contributed by atoms with Crippen LogP contribution in [-0.2, 0) is 16.1 Å². The third-order valence-corrected chi connectivity index (χ3v) is 7.52. The molecule has 0 unspecified atom stereocenters. The molecule has 0 spiro atoms. The van der Waals surface area contributed by atoms with Gasteiger partial charge in [0.2, 0.25) is 0 Å². The lowest BCUT2D eigenvalue weighted by Gasteiger charge is -2.43. The number of carbonyl (C=O) groups excluding carboxylic acids is 1. The molecule has 1 saturated heterocycles. The summed E-state index contributed by atoms with van der Waals surface area (Å²) in [5.41, 5.74) is 3.39. The highest BCUT2D eigenvalue weighted by atomic mass is 35.5. The van der Waals surface area contributed by atoms with Crippen molar-refractivity contribution in [2.24, 2.45) is 0 Å². The van der Waals surface area contributed by atoms with Crippen LogP contribution in [0.2, 0.25) is 10.0 Å². The van der Waals surface area contributed by atoms with Crippen molar-refractivity contribution in [3.05, 3.63) is 105 Å². The molecule has 0 aliphatic carbocycles. The Morgan fingerprint density at radius 2 is 1.76 bits per heavy atom. The number of halogens is 5. The highest BCUT2D eigenvalue weighted by Gasteiger charge is 2.40. The number of aromatic carboxylic acids is 1. The number of hydrogen-bond acceptors (Lipinski definition) is 4. The minimum Gasteiger partial charge on any atom is -0.478 e. The van der Waals surface area contributed by atoms with Crippen molar-refractivity contribution in [1.29, 1.82) is 0 Å². The molecule has 0 aromatic heterocycles. The monoisotopic (exact) mass is 608 g/mol. The number of carbonyl (C=O) groups is 2. The SMILES string of the molecule is Cc1cc(C(=O)O)ccc1CN1CCC[C@H](O[C@H](CNC(=O)C(F)(F)F)c2cc(Cl)cc(Cl)c2)[C@@H]1c1ccccc1. The van der Waals surface area contributed by atoms with Gasteiger partial charge in [-0.2, -0.15) is 13.2 Å². The van der Waals surface area contributed by atoms with Gasteiger partial charge in [-0.25, -0.2) is 4.79 Å². The van der Waals surface area contributed by atoms with Crippen LogP contribution in [0.5, 0.6) is 0 Å². The predicted octanol–water partition coefficient (Wildman–Crippen LogP) is 7.14. The van der Waals surface area contributed by atoms with Gasteiger partial charge in [-0.05, 0) is 78.9 Å². The Balaban J connectivity index is 1.66. The van der Waals surface area contributed by atoms with E-state index in [1.54, 1.807) is 30.3 Å². The van der Waals surface area contributed by atoms with E-state index < -0.39 is 36.8 Å². The van der Waals surface area contributed by atoms with Gasteiger partial charge in [0.25, 0.3) is 0 Å². The number of rotatable bonds is 9. The second-order valence-corrected chi connectivity index (χ2v) is 10.9. The van der Waals surface area contributed by atoms with Gasteiger partial charge in [0, 0.05) is 23.1 Å². The summed E-state index contributed by atoms with van der Waals surface area (Å²) in [6.45, 7) is 2.64. The van der Waals surface area contributed by atoms with E-state index in [9.17, 15) is 27.9 Å². The number of carboxylic acid groups (broad SMARTS) is 1. The molecule has 3 aromatic carbocycles. The Morgan fingerprint density at radius 1 is 1.07 bits per heavy atom. The molecular weight excluding hydrogens is 580 g/mol. The average molecular weight is 609 g/mol. The Labute approximate surface area is 246 Å². The van der Waals surface area contributed by atoms with Gasteiger partial charge in [-0.1, -0.05) is 59.6 Å². The van der Waals surface area contributed by atoms with Crippen molar-refractivity contribution < 1.29 is 32.6 Å². The first-order valence-corrected chi connectivity index (χ1v) is 13.8. The summed E-state index contributed by atoms with van der Waals surface area (Å²) in [6, 6.07) is 19.0. The van der Waals surface area contributed by atoms with Crippen molar-refractivity contribution in [3.63, 3.8) is 0 Å². The maximum absolute atomic E-state index is 13.0. The maximum Gasteiger partial charge on any atom is 0.471 e. The second kappa shape index (κ2) is 13.2. The summed E-state index contributed by atoms with van der Waals surface area (Å²) in [5.74, 6) is -3.07. The molecule has 0 saturated carbocycles. The first-order valence-electron chi connectivity index (χ1n) is 13.0. The zero-order chi connectivity index (χ0) is 29.7. The van der Waals surface area contributed by atoms with Gasteiger partial charge >= 0.3 is 18.1 Å². The third kappa shape index (κ3) is 8.01. The van der Waals surface area contributed by atoms with E-state index in [1.807, 2.05) is 42.6 Å². The summed E-state index contributed by atoms with van der Waals surface area (Å²) in [6.07, 6.45) is -5.11. The smallest absolute Gasteiger partial charge is 0.471 e. The third-order valence-electron chi connectivity index (χ3n) is 7.08. The van der Waals surface area contributed by atoms with Gasteiger partial charge in [0.15, 0.2) is 0 Å². The van der Waals surface area contributed by atoms with Crippen molar-refractivity contribution in [2.75, 3.05) is 13.1 Å². The van der Waals surface area contributed by atoms with Crippen LogP contribution in [0.3, 0.4) is 0 Å². The van der Waals surface area contributed by atoms with Gasteiger partial charge in [-0.3, -0.25) is 9.69 Å². The molecule has 3 aromatic rings. The summed E-state index contributed by atoms with van der Waals surface area (Å²) >= 11 is 12.4. The maximum atomic E-state index is 13.0. The molecule has 218 valence electrons. The fraction of sp³-hybridized carbons (Fsp3) is 0.333. The molecule has 1 heterocycles. The largest absolute Gasteiger partial charge is 0.478 e. The number of nitrogens with one attached hydrogen (secondary N) is 1. The van der Waals surface area contributed by atoms with Gasteiger partial charge in [0.05, 0.1) is 17.7 Å². The molecular formula is C30H29Cl2F3N2O4. The van der Waals surface area contributed by atoms with Crippen LogP contribution in [-0.4, -0.2) is 47.3 Å². The van der Waals surface area contributed by atoms with E-state index in [4.69, 9.17) is 27.9 Å². The standard InChI is InChI=1S/C30H29Cl2F3N2O4/c1-18-12-20(28(38)39)9-10-21(18)17-37-11-5-8-25(27(37)19-6-3-2-4-7-19)41-26(16-36-29(40)30(33,34)35)22-13-23(31)15-24(32)14-22/h2-4,6-7,9-10,12-15,25-27H,5,8,11,16-17H2,1H3,(H,36,40)(H,38,39)/t25-,26+,27-/m0/s1. The summed E-state index contributed by atoms with van der Waals surface area (Å²) in [5, 5.41) is 11.9. The number of ether oxygens (including phenoxy) is 1. The summed E-state index contributed by atoms with van der Waals surface area (Å²) < 4.78 is 45.5. The van der Waals surface area contributed by atoms with Gasteiger partial charge < -0.3 is 15.2 Å². The number of alkyl halides is 3. The quantitative estimate of drug-likeness (QED) is 0.270. The number of aryl methyl sites for hydroxylation is 1. The topological polar surface area (TPSA) is 78.9 Å². The lowest BCUT2D eigenvalue weighted by molar-refractivity contribution is -0.174. The van der Waals surface area contributed by atoms with Crippen LogP contribution in [0.4, 0.5) is 13.2 Å². The first-order chi connectivity index (χ1) is 19.4. The number of nitrogens with zero attached hydrogens (tertiary/aromatic N) is 1. The van der Waals surface area contributed by atoms with Crippen LogP contribution >= 0.6 is 23.2 Å². The molecule has 3 atom stereocenters. The van der Waals surface area contributed by atoms with Gasteiger partial charge in [-0.15, -0.1) is 0 Å². The average Bonchev–Trinajstić information content (AvgIpc) is 2.91. The van der Waals surface area contributed by atoms with Crippen LogP contribution in [0, 0.1) is 6.92 Å². The molecule has 4 rings (SSSR count). The summed E-state index contributed by atoms with van der Waals surface area (Å²) in [4.78, 5) is 25.3. The Morgan fingerprint density at radius 3 is 2.37 bits per heavy atom. The Bertz CT molecular complexity index is 1370. The molecule has 6 nitrogen and oxygen atoms in total. The molecule has 1 aliphatic heterocycles. The predicted molar refractivity (Wildman–Crippen MR) is 150 cm³/mol. The molecule has 2 N–H and O–H groups in total. The van der Waals surface area contributed by atoms with Gasteiger partial charge in [0.1, 0.15) is 6.10 Å². The number of hydrogen-bond donors (Lipinski definition) is 2. The summed E-state index contributed by atoms with van der Waals surface area (Å²) in [7, 11) is 0. The van der Waals surface area contributed by atoms with E-state index in [-0.39, 0.29) is 21.7 Å². The highest BCUT2D eigenvalue weighted by Crippen LogP contribution is 2.38. The van der Waals surface area contributed by atoms with E-state index in [2.05, 4.69) is 4.90 Å². The molecule has 0 radical (unpaired) electrons. The second-order valence-electron chi connectivity index (χ2n) is 9.99. The molecule has 11 heteroatoms. The number of carboxylic acids is 1. The van der Waals surface area contributed by atoms with Crippen molar-refractivity contribution in [2.45, 2.75) is 50.7 Å². The zero-order valence-electron chi connectivity index (χ0n) is 22.1. The minimum absolute atomic E-state index is 0.203. The fourth-order valence-electron chi connectivity index (χ4n) is 5.15. The molecule has 41 heavy (non-hydrogen) atoms. The van der Waals surface area contributed by atoms with Crippen molar-refractivity contribution in [3.8, 4) is 0 Å². The minimum atomic E-state index is -5.04. The molecule has 1 aliphatic rings. The van der Waals surface area contributed by atoms with E-state index in [0.29, 0.717) is 18.5 Å². The van der Waals surface area contributed by atoms with Crippen LogP contribution < -0.4 is 5.32 Å². The van der Waals surface area contributed by atoms with Crippen LogP contribution in [0.25, 0.3) is 0 Å². The lowest BCUT2D eigenvalue weighted by atomic mass is 9.91. The van der Waals surface area contributed by atoms with E-state index in [1.165, 1.54) is 6.07 Å². The Hall–Kier alpha value is -3.11. The van der Waals surface area contributed by atoms with E-state index in [0.717, 1.165) is 29.7 Å². The number of likely N-dealkylation sites (tertiary alicyclic amines) is 1. The zero-order valence-corrected chi connectivity index (χ0v) is 23.6. The Kier molecular flexibility index (Phi) is 9.96. The first kappa shape index (κ1) is 30.8. The molecule has 0 bridgehead atoms. The number of amides is 1. The molecule has 1 amide bonds. The highest BCUT2D eigenvalue weighted by molar-refractivity contribution is 6.34. The van der Waals surface area contributed by atoms with Crippen LogP contribution in [0.1, 0.15) is 57.6 Å². The number of piperidine rings is 1. The van der Waals surface area contributed by atoms with Crippen LogP contribution in [0.15, 0.2) is 66.7 Å². The fourth-order valence-corrected chi connectivity index (χ4v) is 5.69.